The molecule has 0 aliphatic heterocycles. The second-order valence-electron chi connectivity index (χ2n) is 3.17. The van der Waals surface area contributed by atoms with E-state index in [9.17, 15) is 4.79 Å². The molecule has 2 aromatic rings. The maximum absolute atomic E-state index is 11.3. The zero-order chi connectivity index (χ0) is 10.7. The SMILES string of the molecule is CC(=O)c1ncccc1-c1ccccn1. The van der Waals surface area contributed by atoms with Crippen molar-refractivity contribution in [3.05, 3.63) is 48.4 Å². The lowest BCUT2D eigenvalue weighted by Crippen LogP contribution is -2.00. The zero-order valence-electron chi connectivity index (χ0n) is 8.34. The van der Waals surface area contributed by atoms with Crippen LogP contribution in [-0.4, -0.2) is 15.8 Å². The van der Waals surface area contributed by atoms with E-state index >= 15 is 0 Å². The molecule has 0 fully saturated rings. The molecule has 0 N–H and O–H groups in total. The third-order valence-electron chi connectivity index (χ3n) is 2.08. The highest BCUT2D eigenvalue weighted by Gasteiger charge is 2.09. The van der Waals surface area contributed by atoms with Crippen LogP contribution < -0.4 is 0 Å². The second-order valence-corrected chi connectivity index (χ2v) is 3.17. The molecular formula is C12H10N2O. The number of carbonyl (C=O) groups excluding carboxylic acids is 1. The summed E-state index contributed by atoms with van der Waals surface area (Å²) in [5.41, 5.74) is 2.03. The summed E-state index contributed by atoms with van der Waals surface area (Å²) in [6.07, 6.45) is 3.31. The summed E-state index contributed by atoms with van der Waals surface area (Å²) in [6, 6.07) is 9.25. The minimum atomic E-state index is -0.0451. The quantitative estimate of drug-likeness (QED) is 0.695. The average Bonchev–Trinajstić information content (AvgIpc) is 2.30. The molecule has 2 heterocycles. The fourth-order valence-electron chi connectivity index (χ4n) is 1.41. The van der Waals surface area contributed by atoms with E-state index in [1.807, 2.05) is 24.3 Å². The largest absolute Gasteiger partial charge is 0.293 e. The Hall–Kier alpha value is -2.03. The van der Waals surface area contributed by atoms with Crippen LogP contribution in [0.5, 0.6) is 0 Å². The van der Waals surface area contributed by atoms with Crippen LogP contribution >= 0.6 is 0 Å². The van der Waals surface area contributed by atoms with Crippen molar-refractivity contribution in [2.45, 2.75) is 6.92 Å². The van der Waals surface area contributed by atoms with E-state index in [2.05, 4.69) is 9.97 Å². The van der Waals surface area contributed by atoms with Crippen molar-refractivity contribution in [1.29, 1.82) is 0 Å². The molecule has 0 saturated carbocycles. The maximum Gasteiger partial charge on any atom is 0.178 e. The molecule has 0 atom stereocenters. The molecule has 0 radical (unpaired) electrons. The molecule has 0 saturated heterocycles. The molecule has 74 valence electrons. The first-order chi connectivity index (χ1) is 7.29. The van der Waals surface area contributed by atoms with Gasteiger partial charge in [-0.1, -0.05) is 6.07 Å². The number of aromatic nitrogens is 2. The molecule has 2 aromatic heterocycles. The van der Waals surface area contributed by atoms with Gasteiger partial charge in [-0.25, -0.2) is 0 Å². The molecule has 15 heavy (non-hydrogen) atoms. The Balaban J connectivity index is 2.58. The van der Waals surface area contributed by atoms with E-state index in [0.717, 1.165) is 11.3 Å². The molecule has 0 amide bonds. The third kappa shape index (κ3) is 1.91. The van der Waals surface area contributed by atoms with Gasteiger partial charge in [-0.3, -0.25) is 14.8 Å². The van der Waals surface area contributed by atoms with Gasteiger partial charge in [-0.2, -0.15) is 0 Å². The number of nitrogens with zero attached hydrogens (tertiary/aromatic N) is 2. The number of ketones is 1. The van der Waals surface area contributed by atoms with Crippen molar-refractivity contribution >= 4 is 5.78 Å². The molecule has 3 heteroatoms. The predicted octanol–water partition coefficient (Wildman–Crippen LogP) is 2.35. The molecule has 2 rings (SSSR count). The van der Waals surface area contributed by atoms with Gasteiger partial charge < -0.3 is 0 Å². The normalized spacial score (nSPS) is 9.93. The Morgan fingerprint density at radius 2 is 1.87 bits per heavy atom. The van der Waals surface area contributed by atoms with Crippen LogP contribution in [0.4, 0.5) is 0 Å². The Labute approximate surface area is 87.8 Å². The Morgan fingerprint density at radius 3 is 2.53 bits per heavy atom. The van der Waals surface area contributed by atoms with Crippen LogP contribution in [0.1, 0.15) is 17.4 Å². The van der Waals surface area contributed by atoms with Crippen molar-refractivity contribution in [3.8, 4) is 11.3 Å². The van der Waals surface area contributed by atoms with Gasteiger partial charge in [-0.05, 0) is 24.3 Å². The zero-order valence-corrected chi connectivity index (χ0v) is 8.34. The average molecular weight is 198 g/mol. The molecule has 0 unspecified atom stereocenters. The third-order valence-corrected chi connectivity index (χ3v) is 2.08. The Bertz CT molecular complexity index is 480. The smallest absolute Gasteiger partial charge is 0.178 e. The van der Waals surface area contributed by atoms with Gasteiger partial charge in [0, 0.05) is 24.9 Å². The molecular weight excluding hydrogens is 188 g/mol. The molecule has 0 aliphatic carbocycles. The standard InChI is InChI=1S/C12H10N2O/c1-9(15)12-10(5-4-8-14-12)11-6-2-3-7-13-11/h2-8H,1H3. The van der Waals surface area contributed by atoms with E-state index in [-0.39, 0.29) is 5.78 Å². The van der Waals surface area contributed by atoms with Crippen LogP contribution in [0.3, 0.4) is 0 Å². The number of hydrogen-bond acceptors (Lipinski definition) is 3. The number of rotatable bonds is 2. The van der Waals surface area contributed by atoms with Crippen molar-refractivity contribution < 1.29 is 4.79 Å². The topological polar surface area (TPSA) is 42.9 Å². The molecule has 0 spiro atoms. The maximum atomic E-state index is 11.3. The Kier molecular flexibility index (Phi) is 2.54. The number of hydrogen-bond donors (Lipinski definition) is 0. The van der Waals surface area contributed by atoms with Crippen molar-refractivity contribution in [2.75, 3.05) is 0 Å². The van der Waals surface area contributed by atoms with Crippen molar-refractivity contribution in [3.63, 3.8) is 0 Å². The monoisotopic (exact) mass is 198 g/mol. The summed E-state index contributed by atoms with van der Waals surface area (Å²) in [5.74, 6) is -0.0451. The van der Waals surface area contributed by atoms with Gasteiger partial charge in [0.1, 0.15) is 5.69 Å². The van der Waals surface area contributed by atoms with Crippen LogP contribution in [0.25, 0.3) is 11.3 Å². The minimum absolute atomic E-state index is 0.0451. The van der Waals surface area contributed by atoms with E-state index in [4.69, 9.17) is 0 Å². The lowest BCUT2D eigenvalue weighted by atomic mass is 10.1. The van der Waals surface area contributed by atoms with Gasteiger partial charge in [0.25, 0.3) is 0 Å². The first kappa shape index (κ1) is 9.52. The summed E-state index contributed by atoms with van der Waals surface area (Å²) < 4.78 is 0. The summed E-state index contributed by atoms with van der Waals surface area (Å²) >= 11 is 0. The lowest BCUT2D eigenvalue weighted by Gasteiger charge is -2.03. The molecule has 0 aliphatic rings. The van der Waals surface area contributed by atoms with Gasteiger partial charge >= 0.3 is 0 Å². The number of pyridine rings is 2. The van der Waals surface area contributed by atoms with Crippen molar-refractivity contribution in [1.82, 2.24) is 9.97 Å². The number of Topliss-reactive ketones (excluding diaryl/α,β-unsaturated/α-hetero) is 1. The second kappa shape index (κ2) is 4.00. The van der Waals surface area contributed by atoms with E-state index in [1.165, 1.54) is 6.92 Å². The fourth-order valence-corrected chi connectivity index (χ4v) is 1.41. The summed E-state index contributed by atoms with van der Waals surface area (Å²) in [7, 11) is 0. The first-order valence-electron chi connectivity index (χ1n) is 4.66. The summed E-state index contributed by atoms with van der Waals surface area (Å²) in [6.45, 7) is 1.51. The first-order valence-corrected chi connectivity index (χ1v) is 4.66. The highest BCUT2D eigenvalue weighted by atomic mass is 16.1. The van der Waals surface area contributed by atoms with Crippen LogP contribution in [0, 0.1) is 0 Å². The lowest BCUT2D eigenvalue weighted by molar-refractivity contribution is 0.101. The Morgan fingerprint density at radius 1 is 1.07 bits per heavy atom. The van der Waals surface area contributed by atoms with Crippen molar-refractivity contribution in [2.24, 2.45) is 0 Å². The van der Waals surface area contributed by atoms with Gasteiger partial charge in [0.05, 0.1) is 5.69 Å². The van der Waals surface area contributed by atoms with Crippen LogP contribution in [-0.2, 0) is 0 Å². The van der Waals surface area contributed by atoms with Gasteiger partial charge in [0.15, 0.2) is 5.78 Å². The minimum Gasteiger partial charge on any atom is -0.293 e. The van der Waals surface area contributed by atoms with E-state index in [0.29, 0.717) is 5.69 Å². The number of carbonyl (C=O) groups is 1. The van der Waals surface area contributed by atoms with E-state index < -0.39 is 0 Å². The van der Waals surface area contributed by atoms with E-state index in [1.54, 1.807) is 18.5 Å². The van der Waals surface area contributed by atoms with Gasteiger partial charge in [-0.15, -0.1) is 0 Å². The highest BCUT2D eigenvalue weighted by Crippen LogP contribution is 2.19. The molecule has 0 bridgehead atoms. The molecule has 3 nitrogen and oxygen atoms in total. The van der Waals surface area contributed by atoms with Crippen LogP contribution in [0.15, 0.2) is 42.7 Å². The van der Waals surface area contributed by atoms with Gasteiger partial charge in [0.2, 0.25) is 0 Å². The van der Waals surface area contributed by atoms with Crippen LogP contribution in [0.2, 0.25) is 0 Å². The highest BCUT2D eigenvalue weighted by molar-refractivity contribution is 5.98. The predicted molar refractivity (Wildman–Crippen MR) is 57.5 cm³/mol. The summed E-state index contributed by atoms with van der Waals surface area (Å²) in [5, 5.41) is 0. The fraction of sp³-hybridized carbons (Fsp3) is 0.0833. The summed E-state index contributed by atoms with van der Waals surface area (Å²) in [4.78, 5) is 19.6. The molecule has 0 aromatic carbocycles.